The Morgan fingerprint density at radius 2 is 1.34 bits per heavy atom. The van der Waals surface area contributed by atoms with E-state index in [2.05, 4.69) is 5.32 Å². The smallest absolute Gasteiger partial charge is 0.328 e. The molecule has 0 spiro atoms. The first-order valence-electron chi connectivity index (χ1n) is 12.5. The maximum absolute atomic E-state index is 12.6. The second-order valence-electron chi connectivity index (χ2n) is 8.77. The van der Waals surface area contributed by atoms with Crippen LogP contribution in [-0.2, 0) is 28.7 Å². The molecule has 2 heterocycles. The van der Waals surface area contributed by atoms with Gasteiger partial charge >= 0.3 is 11.9 Å². The molecule has 1 N–H and O–H groups in total. The van der Waals surface area contributed by atoms with Gasteiger partial charge in [0.2, 0.25) is 11.8 Å². The average molecular weight is 453 g/mol. The van der Waals surface area contributed by atoms with Crippen molar-refractivity contribution in [2.75, 3.05) is 26.3 Å². The SMILES string of the molecule is O=C1CCCCC(=O)N2CCCC2C(=O)OCCCCCCCCOC(=O)CCCCN1. The molecule has 0 aliphatic carbocycles. The number of nitrogens with zero attached hydrogens (tertiary/aromatic N) is 1. The number of esters is 2. The quantitative estimate of drug-likeness (QED) is 0.566. The Hall–Kier alpha value is -2.12. The molecule has 0 radical (unpaired) electrons. The largest absolute Gasteiger partial charge is 0.466 e. The van der Waals surface area contributed by atoms with E-state index in [0.29, 0.717) is 71.2 Å². The second-order valence-corrected chi connectivity index (χ2v) is 8.77. The fourth-order valence-electron chi connectivity index (χ4n) is 4.16. The van der Waals surface area contributed by atoms with E-state index >= 15 is 0 Å². The zero-order valence-electron chi connectivity index (χ0n) is 19.4. The van der Waals surface area contributed by atoms with Crippen molar-refractivity contribution in [1.29, 1.82) is 0 Å². The van der Waals surface area contributed by atoms with E-state index in [1.807, 2.05) is 0 Å². The molecule has 2 rings (SSSR count). The fraction of sp³-hybridized carbons (Fsp3) is 0.833. The van der Waals surface area contributed by atoms with Gasteiger partial charge in [0.15, 0.2) is 0 Å². The van der Waals surface area contributed by atoms with Gasteiger partial charge in [-0.15, -0.1) is 0 Å². The Kier molecular flexibility index (Phi) is 12.8. The summed E-state index contributed by atoms with van der Waals surface area (Å²) in [6, 6.07) is -0.456. The lowest BCUT2D eigenvalue weighted by Gasteiger charge is -2.23. The number of cyclic esters (lactones) is 2. The number of carbonyl (C=O) groups is 4. The first-order chi connectivity index (χ1) is 15.6. The van der Waals surface area contributed by atoms with Gasteiger partial charge in [-0.2, -0.15) is 0 Å². The molecule has 182 valence electrons. The number of hydrogen-bond acceptors (Lipinski definition) is 6. The normalized spacial score (nSPS) is 25.0. The fourth-order valence-corrected chi connectivity index (χ4v) is 4.16. The van der Waals surface area contributed by atoms with E-state index in [-0.39, 0.29) is 23.8 Å². The van der Waals surface area contributed by atoms with Gasteiger partial charge in [0.25, 0.3) is 0 Å². The molecule has 8 nitrogen and oxygen atoms in total. The van der Waals surface area contributed by atoms with Crippen molar-refractivity contribution in [2.45, 2.75) is 102 Å². The third kappa shape index (κ3) is 10.5. The van der Waals surface area contributed by atoms with Crippen molar-refractivity contribution in [3.8, 4) is 0 Å². The lowest BCUT2D eigenvalue weighted by molar-refractivity contribution is -0.153. The van der Waals surface area contributed by atoms with Gasteiger partial charge in [0, 0.05) is 32.4 Å². The molecule has 2 aliphatic heterocycles. The molecule has 0 bridgehead atoms. The summed E-state index contributed by atoms with van der Waals surface area (Å²) < 4.78 is 10.7. The summed E-state index contributed by atoms with van der Waals surface area (Å²) in [5, 5.41) is 2.86. The number of amides is 2. The minimum atomic E-state index is -0.456. The van der Waals surface area contributed by atoms with Crippen molar-refractivity contribution >= 4 is 23.8 Å². The molecular weight excluding hydrogens is 412 g/mol. The van der Waals surface area contributed by atoms with Crippen LogP contribution in [0, 0.1) is 0 Å². The molecule has 8 heteroatoms. The number of rotatable bonds is 0. The zero-order valence-corrected chi connectivity index (χ0v) is 19.4. The van der Waals surface area contributed by atoms with Crippen LogP contribution < -0.4 is 5.32 Å². The monoisotopic (exact) mass is 452 g/mol. The number of hydrogen-bond donors (Lipinski definition) is 1. The third-order valence-corrected chi connectivity index (χ3v) is 6.07. The molecule has 1 unspecified atom stereocenters. The minimum Gasteiger partial charge on any atom is -0.466 e. The Balaban J connectivity index is 1.77. The molecule has 0 saturated carbocycles. The summed E-state index contributed by atoms with van der Waals surface area (Å²) in [6.07, 6.45) is 11.1. The van der Waals surface area contributed by atoms with E-state index in [0.717, 1.165) is 51.4 Å². The average Bonchev–Trinajstić information content (AvgIpc) is 3.27. The molecule has 0 aromatic heterocycles. The topological polar surface area (TPSA) is 102 Å². The van der Waals surface area contributed by atoms with Crippen molar-refractivity contribution < 1.29 is 28.7 Å². The summed E-state index contributed by atoms with van der Waals surface area (Å²) in [7, 11) is 0. The van der Waals surface area contributed by atoms with E-state index in [1.54, 1.807) is 4.90 Å². The van der Waals surface area contributed by atoms with Crippen molar-refractivity contribution in [2.24, 2.45) is 0 Å². The van der Waals surface area contributed by atoms with Gasteiger partial charge in [-0.25, -0.2) is 4.79 Å². The van der Waals surface area contributed by atoms with E-state index in [9.17, 15) is 19.2 Å². The summed E-state index contributed by atoms with van der Waals surface area (Å²) in [6.45, 7) is 2.00. The Morgan fingerprint density at radius 1 is 0.688 bits per heavy atom. The Morgan fingerprint density at radius 3 is 2.12 bits per heavy atom. The molecule has 2 aliphatic rings. The van der Waals surface area contributed by atoms with E-state index < -0.39 is 6.04 Å². The van der Waals surface area contributed by atoms with Gasteiger partial charge < -0.3 is 19.7 Å². The van der Waals surface area contributed by atoms with Crippen LogP contribution in [0.2, 0.25) is 0 Å². The maximum Gasteiger partial charge on any atom is 0.328 e. The van der Waals surface area contributed by atoms with Crippen LogP contribution in [0.25, 0.3) is 0 Å². The van der Waals surface area contributed by atoms with Crippen LogP contribution in [-0.4, -0.2) is 61.0 Å². The van der Waals surface area contributed by atoms with E-state index in [1.165, 1.54) is 0 Å². The highest BCUT2D eigenvalue weighted by Crippen LogP contribution is 2.21. The molecule has 32 heavy (non-hydrogen) atoms. The summed E-state index contributed by atoms with van der Waals surface area (Å²) >= 11 is 0. The standard InChI is InChI=1S/C24H40N2O6/c27-21-13-5-6-14-22(28)26-17-11-12-20(26)24(30)32-19-10-4-2-1-3-9-18-31-23(29)15-7-8-16-25-21/h20H,1-19H2,(H,25,27). The molecule has 2 saturated heterocycles. The van der Waals surface area contributed by atoms with Crippen LogP contribution >= 0.6 is 0 Å². The van der Waals surface area contributed by atoms with Crippen LogP contribution in [0.1, 0.15) is 96.3 Å². The van der Waals surface area contributed by atoms with Crippen LogP contribution in [0.4, 0.5) is 0 Å². The summed E-state index contributed by atoms with van der Waals surface area (Å²) in [4.78, 5) is 50.3. The predicted molar refractivity (Wildman–Crippen MR) is 120 cm³/mol. The third-order valence-electron chi connectivity index (χ3n) is 6.07. The molecule has 2 fully saturated rings. The molecule has 0 aromatic carbocycles. The van der Waals surface area contributed by atoms with Crippen LogP contribution in [0.3, 0.4) is 0 Å². The first kappa shape index (κ1) is 26.1. The predicted octanol–water partition coefficient (Wildman–Crippen LogP) is 3.26. The van der Waals surface area contributed by atoms with Crippen molar-refractivity contribution in [3.63, 3.8) is 0 Å². The lowest BCUT2D eigenvalue weighted by Crippen LogP contribution is -2.41. The molecule has 1 atom stereocenters. The molecule has 2 amide bonds. The number of carbonyl (C=O) groups excluding carboxylic acids is 4. The van der Waals surface area contributed by atoms with Crippen molar-refractivity contribution in [1.82, 2.24) is 10.2 Å². The zero-order chi connectivity index (χ0) is 23.0. The number of fused-ring (bicyclic) bond motifs is 1. The molecular formula is C24H40N2O6. The minimum absolute atomic E-state index is 0.0257. The van der Waals surface area contributed by atoms with Gasteiger partial charge in [-0.3, -0.25) is 14.4 Å². The van der Waals surface area contributed by atoms with Crippen LogP contribution in [0.15, 0.2) is 0 Å². The number of nitrogens with one attached hydrogen (secondary N) is 1. The Labute approximate surface area is 191 Å². The highest BCUT2D eigenvalue weighted by molar-refractivity contribution is 5.85. The first-order valence-corrected chi connectivity index (χ1v) is 12.5. The van der Waals surface area contributed by atoms with E-state index in [4.69, 9.17) is 9.47 Å². The Bertz CT molecular complexity index is 609. The highest BCUT2D eigenvalue weighted by Gasteiger charge is 2.34. The van der Waals surface area contributed by atoms with Gasteiger partial charge in [0.1, 0.15) is 6.04 Å². The van der Waals surface area contributed by atoms with Crippen molar-refractivity contribution in [3.05, 3.63) is 0 Å². The lowest BCUT2D eigenvalue weighted by atomic mass is 10.1. The summed E-state index contributed by atoms with van der Waals surface area (Å²) in [5.41, 5.74) is 0. The van der Waals surface area contributed by atoms with Gasteiger partial charge in [-0.1, -0.05) is 25.7 Å². The maximum atomic E-state index is 12.6. The number of ether oxygens (including phenoxy) is 2. The highest BCUT2D eigenvalue weighted by atomic mass is 16.5. The van der Waals surface area contributed by atoms with Gasteiger partial charge in [0.05, 0.1) is 13.2 Å². The molecule has 0 aromatic rings. The second kappa shape index (κ2) is 15.6. The van der Waals surface area contributed by atoms with Crippen LogP contribution in [0.5, 0.6) is 0 Å². The summed E-state index contributed by atoms with van der Waals surface area (Å²) in [5.74, 6) is -0.521. The van der Waals surface area contributed by atoms with Gasteiger partial charge in [-0.05, 0) is 51.4 Å².